The molecule has 0 radical (unpaired) electrons. The van der Waals surface area contributed by atoms with Crippen LogP contribution < -0.4 is 0 Å². The van der Waals surface area contributed by atoms with Crippen LogP contribution in [0.3, 0.4) is 0 Å². The summed E-state index contributed by atoms with van der Waals surface area (Å²) in [5, 5.41) is 0. The fraction of sp³-hybridized carbons (Fsp3) is 0.364. The predicted octanol–water partition coefficient (Wildman–Crippen LogP) is 3.36. The Balaban J connectivity index is 3.65. The molecule has 0 N–H and O–H groups in total. The van der Waals surface area contributed by atoms with Crippen molar-refractivity contribution in [3.05, 3.63) is 37.1 Å². The predicted molar refractivity (Wildman–Crippen MR) is 56.4 cm³/mol. The molecule has 1 unspecified atom stereocenters. The maximum atomic E-state index is 4.00. The molecular formula is C11H17N. The minimum Gasteiger partial charge on any atom is -0.265 e. The van der Waals surface area contributed by atoms with E-state index >= 15 is 0 Å². The maximum Gasteiger partial charge on any atom is 0.0267 e. The molecule has 1 nitrogen and oxygen atoms in total. The number of allylic oxidation sites excluding steroid dienone is 4. The van der Waals surface area contributed by atoms with Crippen molar-refractivity contribution in [2.45, 2.75) is 20.3 Å². The molecule has 0 fully saturated rings. The standard InChI is InChI=1S/C11H17N/c1-4-6-9-12-10-7-8-11(3)5-2/h4,6-11H,1,5H2,2-3H3/b8-7+,9-6-,12-10-. The molecule has 0 aromatic carbocycles. The molecule has 0 aliphatic carbocycles. The minimum atomic E-state index is 0.639. The van der Waals surface area contributed by atoms with Gasteiger partial charge < -0.3 is 0 Å². The molecule has 0 aromatic heterocycles. The molecule has 0 bridgehead atoms. The number of rotatable bonds is 5. The number of aliphatic imine (C=N–C) groups is 1. The third-order valence-corrected chi connectivity index (χ3v) is 1.56. The summed E-state index contributed by atoms with van der Waals surface area (Å²) in [7, 11) is 0. The van der Waals surface area contributed by atoms with Crippen LogP contribution in [0.1, 0.15) is 20.3 Å². The molecule has 0 saturated carbocycles. The molecule has 0 saturated heterocycles. The highest BCUT2D eigenvalue weighted by atomic mass is 14.6. The van der Waals surface area contributed by atoms with Crippen LogP contribution in [0.4, 0.5) is 0 Å². The van der Waals surface area contributed by atoms with Crippen molar-refractivity contribution in [3.63, 3.8) is 0 Å². The van der Waals surface area contributed by atoms with Crippen molar-refractivity contribution in [1.29, 1.82) is 0 Å². The number of nitrogens with zero attached hydrogens (tertiary/aromatic N) is 1. The molecule has 0 aliphatic rings. The highest BCUT2D eigenvalue weighted by Crippen LogP contribution is 2.00. The smallest absolute Gasteiger partial charge is 0.0267 e. The van der Waals surface area contributed by atoms with E-state index in [1.807, 2.05) is 6.08 Å². The van der Waals surface area contributed by atoms with E-state index in [9.17, 15) is 0 Å². The lowest BCUT2D eigenvalue weighted by atomic mass is 10.1. The Morgan fingerprint density at radius 1 is 1.42 bits per heavy atom. The zero-order valence-corrected chi connectivity index (χ0v) is 7.90. The van der Waals surface area contributed by atoms with Gasteiger partial charge in [-0.25, -0.2) is 0 Å². The van der Waals surface area contributed by atoms with Gasteiger partial charge in [-0.3, -0.25) is 4.99 Å². The van der Waals surface area contributed by atoms with Crippen LogP contribution in [0.15, 0.2) is 42.1 Å². The first-order valence-electron chi connectivity index (χ1n) is 4.28. The number of hydrogen-bond donors (Lipinski definition) is 0. The molecule has 0 heterocycles. The summed E-state index contributed by atoms with van der Waals surface area (Å²) in [5.74, 6) is 0.639. The molecule has 0 amide bonds. The van der Waals surface area contributed by atoms with Gasteiger partial charge in [0, 0.05) is 12.4 Å². The largest absolute Gasteiger partial charge is 0.265 e. The summed E-state index contributed by atoms with van der Waals surface area (Å²) in [6.45, 7) is 7.90. The van der Waals surface area contributed by atoms with E-state index in [1.165, 1.54) is 6.42 Å². The summed E-state index contributed by atoms with van der Waals surface area (Å²) in [4.78, 5) is 4.00. The summed E-state index contributed by atoms with van der Waals surface area (Å²) in [6.07, 6.45) is 12.3. The highest BCUT2D eigenvalue weighted by Gasteiger charge is 1.87. The Labute approximate surface area is 75.2 Å². The van der Waals surface area contributed by atoms with Gasteiger partial charge in [0.05, 0.1) is 0 Å². The van der Waals surface area contributed by atoms with Crippen LogP contribution >= 0.6 is 0 Å². The second-order valence-electron chi connectivity index (χ2n) is 2.65. The lowest BCUT2D eigenvalue weighted by Crippen LogP contribution is -1.83. The van der Waals surface area contributed by atoms with E-state index in [-0.39, 0.29) is 0 Å². The molecule has 0 aromatic rings. The second kappa shape index (κ2) is 7.99. The highest BCUT2D eigenvalue weighted by molar-refractivity contribution is 5.71. The Bertz CT molecular complexity index is 187. The van der Waals surface area contributed by atoms with Gasteiger partial charge in [-0.15, -0.1) is 0 Å². The molecule has 0 aliphatic heterocycles. The fourth-order valence-electron chi connectivity index (χ4n) is 0.585. The summed E-state index contributed by atoms with van der Waals surface area (Å²) in [5.41, 5.74) is 0. The van der Waals surface area contributed by atoms with Gasteiger partial charge in [0.25, 0.3) is 0 Å². The van der Waals surface area contributed by atoms with Crippen molar-refractivity contribution in [1.82, 2.24) is 0 Å². The second-order valence-corrected chi connectivity index (χ2v) is 2.65. The minimum absolute atomic E-state index is 0.639. The van der Waals surface area contributed by atoms with Gasteiger partial charge in [-0.05, 0) is 18.1 Å². The summed E-state index contributed by atoms with van der Waals surface area (Å²) in [6, 6.07) is 0. The van der Waals surface area contributed by atoms with Crippen LogP contribution in [0.25, 0.3) is 0 Å². The van der Waals surface area contributed by atoms with Crippen LogP contribution in [0, 0.1) is 5.92 Å². The third kappa shape index (κ3) is 7.00. The number of hydrogen-bond acceptors (Lipinski definition) is 1. The van der Waals surface area contributed by atoms with Crippen molar-refractivity contribution in [2.75, 3.05) is 0 Å². The average Bonchev–Trinajstić information content (AvgIpc) is 2.10. The van der Waals surface area contributed by atoms with E-state index in [1.54, 1.807) is 24.6 Å². The van der Waals surface area contributed by atoms with Gasteiger partial charge in [-0.2, -0.15) is 0 Å². The molecular weight excluding hydrogens is 146 g/mol. The summed E-state index contributed by atoms with van der Waals surface area (Å²) >= 11 is 0. The van der Waals surface area contributed by atoms with E-state index in [4.69, 9.17) is 0 Å². The quantitative estimate of drug-likeness (QED) is 0.435. The Morgan fingerprint density at radius 2 is 2.17 bits per heavy atom. The van der Waals surface area contributed by atoms with Crippen molar-refractivity contribution >= 4 is 6.21 Å². The van der Waals surface area contributed by atoms with Gasteiger partial charge >= 0.3 is 0 Å². The van der Waals surface area contributed by atoms with Gasteiger partial charge in [-0.1, -0.05) is 39.0 Å². The fourth-order valence-corrected chi connectivity index (χ4v) is 0.585. The van der Waals surface area contributed by atoms with Crippen molar-refractivity contribution in [2.24, 2.45) is 10.9 Å². The van der Waals surface area contributed by atoms with Gasteiger partial charge in [0.2, 0.25) is 0 Å². The molecule has 66 valence electrons. The normalized spacial score (nSPS) is 14.8. The molecule has 0 rings (SSSR count). The molecule has 0 spiro atoms. The van der Waals surface area contributed by atoms with Crippen LogP contribution in [-0.4, -0.2) is 6.21 Å². The van der Waals surface area contributed by atoms with Crippen molar-refractivity contribution < 1.29 is 0 Å². The SMILES string of the molecule is C=C\C=C/N=C\C=C\C(C)CC. The van der Waals surface area contributed by atoms with Crippen LogP contribution in [0.5, 0.6) is 0 Å². The maximum absolute atomic E-state index is 4.00. The van der Waals surface area contributed by atoms with Crippen LogP contribution in [-0.2, 0) is 0 Å². The zero-order valence-electron chi connectivity index (χ0n) is 7.90. The van der Waals surface area contributed by atoms with Crippen molar-refractivity contribution in [3.8, 4) is 0 Å². The van der Waals surface area contributed by atoms with Crippen LogP contribution in [0.2, 0.25) is 0 Å². The van der Waals surface area contributed by atoms with E-state index in [0.717, 1.165) is 0 Å². The lowest BCUT2D eigenvalue weighted by Gasteiger charge is -1.96. The third-order valence-electron chi connectivity index (χ3n) is 1.56. The summed E-state index contributed by atoms with van der Waals surface area (Å²) < 4.78 is 0. The molecule has 1 atom stereocenters. The van der Waals surface area contributed by atoms with E-state index in [2.05, 4.69) is 31.5 Å². The van der Waals surface area contributed by atoms with Gasteiger partial charge in [0.15, 0.2) is 0 Å². The molecule has 1 heteroatoms. The Kier molecular flexibility index (Phi) is 7.25. The topological polar surface area (TPSA) is 12.4 Å². The van der Waals surface area contributed by atoms with Gasteiger partial charge in [0.1, 0.15) is 0 Å². The Hall–Kier alpha value is -1.11. The first-order valence-corrected chi connectivity index (χ1v) is 4.28. The lowest BCUT2D eigenvalue weighted by molar-refractivity contribution is 0.699. The average molecular weight is 163 g/mol. The Morgan fingerprint density at radius 3 is 2.75 bits per heavy atom. The first-order chi connectivity index (χ1) is 5.81. The first kappa shape index (κ1) is 10.9. The molecule has 12 heavy (non-hydrogen) atoms. The zero-order chi connectivity index (χ0) is 9.23. The monoisotopic (exact) mass is 163 g/mol. The van der Waals surface area contributed by atoms with E-state index in [0.29, 0.717) is 5.92 Å². The van der Waals surface area contributed by atoms with E-state index < -0.39 is 0 Å².